The number of benzene rings is 2. The molecular formula is C30H30ClN5O4. The van der Waals surface area contributed by atoms with Gasteiger partial charge in [0.2, 0.25) is 0 Å². The van der Waals surface area contributed by atoms with E-state index in [0.717, 1.165) is 27.5 Å². The SMILES string of the molecule is Cc1cc(C(=O)N[C@H]2CCc3c2ccc(C(=O)OC(C)(C)C)c3C)n2ncc(C(=O)N(Cl)c3ccccc3)c2n1. The van der Waals surface area contributed by atoms with Crippen LogP contribution in [0.4, 0.5) is 5.69 Å². The quantitative estimate of drug-likeness (QED) is 0.255. The van der Waals surface area contributed by atoms with E-state index in [0.29, 0.717) is 23.4 Å². The Bertz CT molecular complexity index is 1640. The molecule has 9 nitrogen and oxygen atoms in total. The van der Waals surface area contributed by atoms with Crippen LogP contribution in [0.2, 0.25) is 0 Å². The summed E-state index contributed by atoms with van der Waals surface area (Å²) < 4.78 is 7.93. The van der Waals surface area contributed by atoms with Crippen molar-refractivity contribution in [2.75, 3.05) is 4.42 Å². The zero-order valence-corrected chi connectivity index (χ0v) is 23.7. The highest BCUT2D eigenvalue weighted by Crippen LogP contribution is 2.35. The Kier molecular flexibility index (Phi) is 7.10. The van der Waals surface area contributed by atoms with Gasteiger partial charge in [-0.1, -0.05) is 24.3 Å². The predicted octanol–water partition coefficient (Wildman–Crippen LogP) is 5.52. The number of esters is 1. The normalized spacial score (nSPS) is 14.6. The minimum atomic E-state index is -0.590. The average molecular weight is 560 g/mol. The topological polar surface area (TPSA) is 106 Å². The van der Waals surface area contributed by atoms with Crippen LogP contribution in [0.15, 0.2) is 54.7 Å². The molecule has 0 fully saturated rings. The Morgan fingerprint density at radius 2 is 1.80 bits per heavy atom. The van der Waals surface area contributed by atoms with Crippen molar-refractivity contribution in [3.05, 3.63) is 93.9 Å². The van der Waals surface area contributed by atoms with E-state index < -0.39 is 11.5 Å². The lowest BCUT2D eigenvalue weighted by atomic mass is 9.97. The maximum absolute atomic E-state index is 13.5. The number of aromatic nitrogens is 3. The van der Waals surface area contributed by atoms with Gasteiger partial charge in [0.25, 0.3) is 11.8 Å². The number of anilines is 1. The largest absolute Gasteiger partial charge is 0.456 e. The molecule has 0 spiro atoms. The molecule has 0 saturated heterocycles. The van der Waals surface area contributed by atoms with Crippen LogP contribution in [0.5, 0.6) is 0 Å². The molecule has 0 bridgehead atoms. The van der Waals surface area contributed by atoms with Gasteiger partial charge in [0.15, 0.2) is 5.65 Å². The Balaban J connectivity index is 1.41. The van der Waals surface area contributed by atoms with Crippen LogP contribution in [-0.2, 0) is 11.2 Å². The number of rotatable bonds is 5. The van der Waals surface area contributed by atoms with Gasteiger partial charge in [-0.3, -0.25) is 9.59 Å². The predicted molar refractivity (Wildman–Crippen MR) is 152 cm³/mol. The molecule has 1 aliphatic carbocycles. The van der Waals surface area contributed by atoms with Gasteiger partial charge < -0.3 is 10.1 Å². The standard InChI is InChI=1S/C30H30ClN5O4/c1-17-15-25(36-26(33-17)23(16-32-36)28(38)35(31)19-9-7-6-8-10-19)27(37)34-24-14-13-20-18(2)21(11-12-22(20)24)29(39)40-30(3,4)5/h6-12,15-16,24H,13-14H2,1-5H3,(H,34,37)/t24-/m0/s1. The third-order valence-corrected chi connectivity index (χ3v) is 7.19. The van der Waals surface area contributed by atoms with E-state index in [1.807, 2.05) is 39.8 Å². The molecule has 4 aromatic rings. The van der Waals surface area contributed by atoms with Crippen LogP contribution in [0.3, 0.4) is 0 Å². The molecule has 1 N–H and O–H groups in total. The molecule has 0 unspecified atom stereocenters. The summed E-state index contributed by atoms with van der Waals surface area (Å²) in [5, 5.41) is 7.41. The molecule has 2 aromatic carbocycles. The van der Waals surface area contributed by atoms with E-state index in [9.17, 15) is 14.4 Å². The summed E-state index contributed by atoms with van der Waals surface area (Å²) in [6.45, 7) is 9.18. The van der Waals surface area contributed by atoms with Gasteiger partial charge in [-0.25, -0.2) is 18.7 Å². The molecule has 206 valence electrons. The fourth-order valence-corrected chi connectivity index (χ4v) is 5.20. The minimum absolute atomic E-state index is 0.174. The summed E-state index contributed by atoms with van der Waals surface area (Å²) in [6.07, 6.45) is 2.78. The van der Waals surface area contributed by atoms with Crippen molar-refractivity contribution in [3.8, 4) is 0 Å². The molecule has 40 heavy (non-hydrogen) atoms. The maximum atomic E-state index is 13.5. The van der Waals surface area contributed by atoms with Crippen LogP contribution in [0.1, 0.15) is 86.8 Å². The smallest absolute Gasteiger partial charge is 0.338 e. The second kappa shape index (κ2) is 10.4. The van der Waals surface area contributed by atoms with Crippen molar-refractivity contribution in [2.45, 2.75) is 59.1 Å². The fraction of sp³-hybridized carbons (Fsp3) is 0.300. The number of carbonyl (C=O) groups excluding carboxylic acids is 3. The van der Waals surface area contributed by atoms with Gasteiger partial charge >= 0.3 is 5.97 Å². The molecule has 1 atom stereocenters. The summed E-state index contributed by atoms with van der Waals surface area (Å²) in [7, 11) is 0. The van der Waals surface area contributed by atoms with Crippen molar-refractivity contribution in [1.29, 1.82) is 0 Å². The number of ether oxygens (including phenoxy) is 1. The second-order valence-corrected chi connectivity index (χ2v) is 11.2. The molecule has 2 aromatic heterocycles. The number of nitrogens with one attached hydrogen (secondary N) is 1. The molecule has 2 amide bonds. The summed E-state index contributed by atoms with van der Waals surface area (Å²) in [5.74, 6) is -1.22. The third kappa shape index (κ3) is 5.16. The lowest BCUT2D eigenvalue weighted by molar-refractivity contribution is 0.00683. The van der Waals surface area contributed by atoms with Gasteiger partial charge in [-0.05, 0) is 88.4 Å². The molecule has 2 heterocycles. The third-order valence-electron chi connectivity index (χ3n) is 6.84. The number of hydrogen-bond donors (Lipinski definition) is 1. The molecule has 5 rings (SSSR count). The number of nitrogens with zero attached hydrogens (tertiary/aromatic N) is 4. The molecule has 1 aliphatic rings. The summed E-state index contributed by atoms with van der Waals surface area (Å²) in [5.41, 5.74) is 4.54. The van der Waals surface area contributed by atoms with Crippen molar-refractivity contribution in [3.63, 3.8) is 0 Å². The lowest BCUT2D eigenvalue weighted by Gasteiger charge is -2.21. The summed E-state index contributed by atoms with van der Waals surface area (Å²) in [4.78, 5) is 43.9. The summed E-state index contributed by atoms with van der Waals surface area (Å²) in [6, 6.07) is 13.8. The number of fused-ring (bicyclic) bond motifs is 2. The van der Waals surface area contributed by atoms with E-state index in [2.05, 4.69) is 15.4 Å². The first-order valence-electron chi connectivity index (χ1n) is 13.0. The summed E-state index contributed by atoms with van der Waals surface area (Å²) >= 11 is 6.34. The first-order valence-corrected chi connectivity index (χ1v) is 13.4. The van der Waals surface area contributed by atoms with Crippen LogP contribution < -0.4 is 9.74 Å². The van der Waals surface area contributed by atoms with E-state index in [-0.39, 0.29) is 34.8 Å². The number of carbonyl (C=O) groups is 3. The number of para-hydroxylation sites is 1. The van der Waals surface area contributed by atoms with Gasteiger partial charge in [0.05, 0.1) is 23.5 Å². The highest BCUT2D eigenvalue weighted by atomic mass is 35.5. The molecular weight excluding hydrogens is 530 g/mol. The molecule has 0 saturated carbocycles. The second-order valence-electron chi connectivity index (χ2n) is 10.9. The van der Waals surface area contributed by atoms with E-state index in [1.165, 1.54) is 10.7 Å². The zero-order valence-electron chi connectivity index (χ0n) is 23.0. The van der Waals surface area contributed by atoms with E-state index >= 15 is 0 Å². The van der Waals surface area contributed by atoms with Gasteiger partial charge in [0, 0.05) is 17.5 Å². The van der Waals surface area contributed by atoms with Crippen molar-refractivity contribution in [1.82, 2.24) is 19.9 Å². The van der Waals surface area contributed by atoms with Gasteiger partial charge in [-0.15, -0.1) is 0 Å². The average Bonchev–Trinajstić information content (AvgIpc) is 3.51. The number of hydrogen-bond acceptors (Lipinski definition) is 6. The van der Waals surface area contributed by atoms with Crippen molar-refractivity contribution in [2.24, 2.45) is 0 Å². The molecule has 0 radical (unpaired) electrons. The Hall–Kier alpha value is -4.24. The van der Waals surface area contributed by atoms with Crippen LogP contribution in [-0.4, -0.2) is 38.0 Å². The maximum Gasteiger partial charge on any atom is 0.338 e. The highest BCUT2D eigenvalue weighted by Gasteiger charge is 2.30. The van der Waals surface area contributed by atoms with Gasteiger partial charge in [-0.2, -0.15) is 5.10 Å². The van der Waals surface area contributed by atoms with Crippen LogP contribution >= 0.6 is 11.8 Å². The van der Waals surface area contributed by atoms with Crippen molar-refractivity contribution < 1.29 is 19.1 Å². The van der Waals surface area contributed by atoms with E-state index in [4.69, 9.17) is 16.5 Å². The first kappa shape index (κ1) is 27.3. The van der Waals surface area contributed by atoms with Crippen LogP contribution in [0, 0.1) is 13.8 Å². The minimum Gasteiger partial charge on any atom is -0.456 e. The first-order chi connectivity index (χ1) is 18.9. The molecule has 0 aliphatic heterocycles. The Morgan fingerprint density at radius 1 is 1.07 bits per heavy atom. The monoisotopic (exact) mass is 559 g/mol. The highest BCUT2D eigenvalue weighted by molar-refractivity contribution is 6.39. The lowest BCUT2D eigenvalue weighted by Crippen LogP contribution is -2.29. The van der Waals surface area contributed by atoms with Crippen LogP contribution in [0.25, 0.3) is 5.65 Å². The van der Waals surface area contributed by atoms with Gasteiger partial charge in [0.1, 0.15) is 16.9 Å². The number of aryl methyl sites for hydroxylation is 1. The number of halogens is 1. The zero-order chi connectivity index (χ0) is 28.8. The fourth-order valence-electron chi connectivity index (χ4n) is 5.00. The van der Waals surface area contributed by atoms with E-state index in [1.54, 1.807) is 43.3 Å². The Morgan fingerprint density at radius 3 is 2.50 bits per heavy atom. The Labute approximate surface area is 237 Å². The molecule has 10 heteroatoms. The van der Waals surface area contributed by atoms with Crippen molar-refractivity contribution >= 4 is 40.9 Å². The number of amides is 2.